The van der Waals surface area contributed by atoms with Crippen LogP contribution >= 0.6 is 0 Å². The van der Waals surface area contributed by atoms with Crippen molar-refractivity contribution in [1.82, 2.24) is 5.32 Å². The molecule has 1 heterocycles. The van der Waals surface area contributed by atoms with E-state index < -0.39 is 16.1 Å². The normalized spacial score (nSPS) is 17.6. The van der Waals surface area contributed by atoms with Crippen LogP contribution in [0.1, 0.15) is 62.4 Å². The van der Waals surface area contributed by atoms with Crippen molar-refractivity contribution >= 4 is 21.6 Å². The summed E-state index contributed by atoms with van der Waals surface area (Å²) in [6.45, 7) is 8.00. The number of anilines is 1. The van der Waals surface area contributed by atoms with Crippen LogP contribution in [0.2, 0.25) is 0 Å². The lowest BCUT2D eigenvalue weighted by atomic mass is 9.86. The molecule has 0 aromatic heterocycles. The highest BCUT2D eigenvalue weighted by Gasteiger charge is 2.38. The van der Waals surface area contributed by atoms with Crippen molar-refractivity contribution in [3.05, 3.63) is 82.9 Å². The summed E-state index contributed by atoms with van der Waals surface area (Å²) in [7, 11) is -2.47. The van der Waals surface area contributed by atoms with Crippen molar-refractivity contribution in [2.75, 3.05) is 18.0 Å². The maximum absolute atomic E-state index is 13.9. The van der Waals surface area contributed by atoms with E-state index in [-0.39, 0.29) is 28.8 Å². The number of carbonyl (C=O) groups is 1. The van der Waals surface area contributed by atoms with Crippen LogP contribution in [0, 0.1) is 0 Å². The summed E-state index contributed by atoms with van der Waals surface area (Å²) in [5, 5.41) is 3.05. The van der Waals surface area contributed by atoms with Gasteiger partial charge in [0.15, 0.2) is 6.10 Å². The molecule has 1 aliphatic heterocycles. The molecule has 0 saturated carbocycles. The summed E-state index contributed by atoms with van der Waals surface area (Å²) in [6, 6.07) is 17.9. The summed E-state index contributed by atoms with van der Waals surface area (Å²) in [4.78, 5) is 13.6. The standard InChI is InChI=1S/C31H36N2O5S/c1-20(22-10-9-21-7-6-8-23(21)17-22)32-30(34)29-19-33(39(35,36)26-14-12-25(37-5)13-15-26)27-18-24(31(2,3)4)11-16-28(27)38-29/h9-18,20,29H,6-8,19H2,1-5H3,(H,32,34)/t20-,29-/m0/s1. The Kier molecular flexibility index (Phi) is 7.10. The predicted molar refractivity (Wildman–Crippen MR) is 152 cm³/mol. The summed E-state index contributed by atoms with van der Waals surface area (Å²) < 4.78 is 40.5. The molecule has 0 spiro atoms. The highest BCUT2D eigenvalue weighted by molar-refractivity contribution is 7.92. The van der Waals surface area contributed by atoms with Crippen molar-refractivity contribution in [2.45, 2.75) is 69.4 Å². The van der Waals surface area contributed by atoms with Gasteiger partial charge in [-0.2, -0.15) is 0 Å². The van der Waals surface area contributed by atoms with E-state index in [9.17, 15) is 13.2 Å². The number of methoxy groups -OCH3 is 1. The number of nitrogens with one attached hydrogen (secondary N) is 1. The van der Waals surface area contributed by atoms with E-state index in [1.165, 1.54) is 34.7 Å². The second kappa shape index (κ2) is 10.2. The second-order valence-corrected chi connectivity index (χ2v) is 13.2. The fraction of sp³-hybridized carbons (Fsp3) is 0.387. The average molecular weight is 549 g/mol. The molecule has 0 fully saturated rings. The molecule has 1 amide bonds. The van der Waals surface area contributed by atoms with Crippen LogP contribution in [0.5, 0.6) is 11.5 Å². The summed E-state index contributed by atoms with van der Waals surface area (Å²) in [6.07, 6.45) is 2.30. The third-order valence-electron chi connectivity index (χ3n) is 7.62. The van der Waals surface area contributed by atoms with Gasteiger partial charge in [0.2, 0.25) is 0 Å². The summed E-state index contributed by atoms with van der Waals surface area (Å²) >= 11 is 0. The first kappa shape index (κ1) is 27.1. The molecule has 2 atom stereocenters. The van der Waals surface area contributed by atoms with Gasteiger partial charge in [-0.25, -0.2) is 8.42 Å². The molecule has 3 aromatic rings. The minimum atomic E-state index is -4.00. The van der Waals surface area contributed by atoms with Gasteiger partial charge in [-0.1, -0.05) is 45.0 Å². The van der Waals surface area contributed by atoms with Crippen LogP contribution in [-0.4, -0.2) is 34.1 Å². The van der Waals surface area contributed by atoms with Gasteiger partial charge in [0.05, 0.1) is 30.3 Å². The predicted octanol–water partition coefficient (Wildman–Crippen LogP) is 5.32. The molecular weight excluding hydrogens is 512 g/mol. The van der Waals surface area contributed by atoms with Gasteiger partial charge in [0, 0.05) is 0 Å². The van der Waals surface area contributed by atoms with E-state index in [2.05, 4.69) is 44.3 Å². The molecule has 5 rings (SSSR count). The van der Waals surface area contributed by atoms with Crippen molar-refractivity contribution in [3.8, 4) is 11.5 Å². The van der Waals surface area contributed by atoms with Gasteiger partial charge in [-0.15, -0.1) is 0 Å². The SMILES string of the molecule is COc1ccc(S(=O)(=O)N2C[C@@H](C(=O)N[C@@H](C)c3ccc4c(c3)CCC4)Oc3ccc(C(C)(C)C)cc32)cc1. The Labute approximate surface area is 231 Å². The maximum atomic E-state index is 13.9. The first-order chi connectivity index (χ1) is 18.5. The summed E-state index contributed by atoms with van der Waals surface area (Å²) in [5.74, 6) is 0.560. The molecule has 0 radical (unpaired) electrons. The number of sulfonamides is 1. The molecule has 206 valence electrons. The van der Waals surface area contributed by atoms with E-state index in [1.807, 2.05) is 19.1 Å². The highest BCUT2D eigenvalue weighted by atomic mass is 32.2. The summed E-state index contributed by atoms with van der Waals surface area (Å²) in [5.41, 5.74) is 4.92. The lowest BCUT2D eigenvalue weighted by molar-refractivity contribution is -0.128. The van der Waals surface area contributed by atoms with Crippen LogP contribution in [0.15, 0.2) is 65.6 Å². The Morgan fingerprint density at radius 3 is 2.44 bits per heavy atom. The monoisotopic (exact) mass is 548 g/mol. The third-order valence-corrected chi connectivity index (χ3v) is 9.41. The lowest BCUT2D eigenvalue weighted by Gasteiger charge is -2.36. The Hall–Kier alpha value is -3.52. The lowest BCUT2D eigenvalue weighted by Crippen LogP contribution is -2.51. The quantitative estimate of drug-likeness (QED) is 0.451. The zero-order chi connectivity index (χ0) is 27.9. The molecule has 39 heavy (non-hydrogen) atoms. The first-order valence-corrected chi connectivity index (χ1v) is 14.8. The van der Waals surface area contributed by atoms with Crippen molar-refractivity contribution in [3.63, 3.8) is 0 Å². The minimum Gasteiger partial charge on any atom is -0.497 e. The number of ether oxygens (including phenoxy) is 2. The number of hydrogen-bond acceptors (Lipinski definition) is 5. The average Bonchev–Trinajstić information content (AvgIpc) is 3.39. The van der Waals surface area contributed by atoms with Crippen molar-refractivity contribution < 1.29 is 22.7 Å². The number of amides is 1. The van der Waals surface area contributed by atoms with Gasteiger partial charge in [0.25, 0.3) is 15.9 Å². The Bertz CT molecular complexity index is 1490. The maximum Gasteiger partial charge on any atom is 0.264 e. The molecule has 0 unspecified atom stereocenters. The number of fused-ring (bicyclic) bond motifs is 2. The third kappa shape index (κ3) is 5.35. The highest BCUT2D eigenvalue weighted by Crippen LogP contribution is 2.40. The number of hydrogen-bond donors (Lipinski definition) is 1. The molecule has 1 aliphatic carbocycles. The van der Waals surface area contributed by atoms with E-state index >= 15 is 0 Å². The number of nitrogens with zero attached hydrogens (tertiary/aromatic N) is 1. The zero-order valence-electron chi connectivity index (χ0n) is 23.2. The molecular formula is C31H36N2O5S. The molecule has 0 saturated heterocycles. The van der Waals surface area contributed by atoms with Crippen molar-refractivity contribution in [1.29, 1.82) is 0 Å². The van der Waals surface area contributed by atoms with Gasteiger partial charge in [-0.05, 0) is 90.3 Å². The van der Waals surface area contributed by atoms with E-state index in [1.54, 1.807) is 18.2 Å². The van der Waals surface area contributed by atoms with Crippen LogP contribution in [-0.2, 0) is 33.1 Å². The minimum absolute atomic E-state index is 0.114. The van der Waals surface area contributed by atoms with Gasteiger partial charge in [0.1, 0.15) is 11.5 Å². The van der Waals surface area contributed by atoms with Crippen LogP contribution in [0.4, 0.5) is 5.69 Å². The molecule has 3 aromatic carbocycles. The number of rotatable bonds is 6. The van der Waals surface area contributed by atoms with Crippen LogP contribution < -0.4 is 19.1 Å². The van der Waals surface area contributed by atoms with E-state index in [4.69, 9.17) is 9.47 Å². The largest absolute Gasteiger partial charge is 0.497 e. The first-order valence-electron chi connectivity index (χ1n) is 13.4. The molecule has 8 heteroatoms. The van der Waals surface area contributed by atoms with E-state index in [0.717, 1.165) is 30.4 Å². The molecule has 2 aliphatic rings. The zero-order valence-corrected chi connectivity index (χ0v) is 24.0. The fourth-order valence-corrected chi connectivity index (χ4v) is 6.68. The van der Waals surface area contributed by atoms with Crippen LogP contribution in [0.25, 0.3) is 0 Å². The van der Waals surface area contributed by atoms with Gasteiger partial charge < -0.3 is 14.8 Å². The fourth-order valence-electron chi connectivity index (χ4n) is 5.21. The second-order valence-electron chi connectivity index (χ2n) is 11.4. The molecule has 7 nitrogen and oxygen atoms in total. The molecule has 1 N–H and O–H groups in total. The Morgan fingerprint density at radius 1 is 1.03 bits per heavy atom. The number of carbonyl (C=O) groups excluding carboxylic acids is 1. The van der Waals surface area contributed by atoms with Crippen molar-refractivity contribution in [2.24, 2.45) is 0 Å². The Balaban J connectivity index is 1.46. The molecule has 0 bridgehead atoms. The smallest absolute Gasteiger partial charge is 0.264 e. The van der Waals surface area contributed by atoms with Gasteiger partial charge >= 0.3 is 0 Å². The van der Waals surface area contributed by atoms with E-state index in [0.29, 0.717) is 17.2 Å². The number of aryl methyl sites for hydroxylation is 2. The van der Waals surface area contributed by atoms with Crippen LogP contribution in [0.3, 0.4) is 0 Å². The topological polar surface area (TPSA) is 84.9 Å². The number of benzene rings is 3. The van der Waals surface area contributed by atoms with Gasteiger partial charge in [-0.3, -0.25) is 9.10 Å². The Morgan fingerprint density at radius 2 is 1.74 bits per heavy atom.